The van der Waals surface area contributed by atoms with Crippen molar-refractivity contribution in [1.82, 2.24) is 20.1 Å². The van der Waals surface area contributed by atoms with Gasteiger partial charge in [-0.25, -0.2) is 0 Å². The van der Waals surface area contributed by atoms with Crippen molar-refractivity contribution in [3.05, 3.63) is 33.5 Å². The number of rotatable bonds is 3. The summed E-state index contributed by atoms with van der Waals surface area (Å²) in [5.41, 5.74) is 1.02. The monoisotopic (exact) mass is 262 g/mol. The van der Waals surface area contributed by atoms with Crippen molar-refractivity contribution < 1.29 is 4.79 Å². The highest BCUT2D eigenvalue weighted by atomic mass is 32.1. The molecule has 3 rings (SSSR count). The van der Waals surface area contributed by atoms with Gasteiger partial charge < -0.3 is 9.88 Å². The summed E-state index contributed by atoms with van der Waals surface area (Å²) in [6.07, 6.45) is 2.11. The third-order valence-electron chi connectivity index (χ3n) is 3.16. The van der Waals surface area contributed by atoms with E-state index < -0.39 is 0 Å². The van der Waals surface area contributed by atoms with Gasteiger partial charge in [0, 0.05) is 13.0 Å². The molecule has 0 fully saturated rings. The summed E-state index contributed by atoms with van der Waals surface area (Å²) in [6, 6.07) is 1.95. The lowest BCUT2D eigenvalue weighted by Gasteiger charge is -2.05. The molecule has 0 spiro atoms. The van der Waals surface area contributed by atoms with Crippen molar-refractivity contribution in [3.63, 3.8) is 0 Å². The molecule has 1 N–H and O–H groups in total. The Kier molecular flexibility index (Phi) is 2.87. The van der Waals surface area contributed by atoms with Crippen molar-refractivity contribution in [1.29, 1.82) is 0 Å². The van der Waals surface area contributed by atoms with Gasteiger partial charge in [0.2, 0.25) is 0 Å². The summed E-state index contributed by atoms with van der Waals surface area (Å²) < 4.78 is 2.10. The molecule has 1 aliphatic heterocycles. The summed E-state index contributed by atoms with van der Waals surface area (Å²) in [7, 11) is 0. The van der Waals surface area contributed by atoms with Gasteiger partial charge in [-0.1, -0.05) is 0 Å². The SMILES string of the molecule is Cc1ccsc1C(=O)NCc1nnc2n1CCC2. The number of nitrogens with zero attached hydrogens (tertiary/aromatic N) is 3. The third-order valence-corrected chi connectivity index (χ3v) is 4.18. The number of nitrogens with one attached hydrogen (secondary N) is 1. The Balaban J connectivity index is 1.68. The molecule has 1 amide bonds. The van der Waals surface area contributed by atoms with Gasteiger partial charge in [0.1, 0.15) is 5.82 Å². The van der Waals surface area contributed by atoms with Gasteiger partial charge in [-0.15, -0.1) is 21.5 Å². The average Bonchev–Trinajstić information content (AvgIpc) is 3.02. The molecular weight excluding hydrogens is 248 g/mol. The molecule has 0 unspecified atom stereocenters. The lowest BCUT2D eigenvalue weighted by molar-refractivity contribution is 0.0953. The number of hydrogen-bond acceptors (Lipinski definition) is 4. The first-order valence-electron chi connectivity index (χ1n) is 5.99. The van der Waals surface area contributed by atoms with Gasteiger partial charge in [-0.05, 0) is 30.4 Å². The normalized spacial score (nSPS) is 13.6. The smallest absolute Gasteiger partial charge is 0.261 e. The minimum Gasteiger partial charge on any atom is -0.344 e. The maximum absolute atomic E-state index is 12.0. The minimum absolute atomic E-state index is 0.0298. The first-order chi connectivity index (χ1) is 8.75. The van der Waals surface area contributed by atoms with Crippen LogP contribution in [-0.2, 0) is 19.5 Å². The molecule has 0 radical (unpaired) electrons. The maximum Gasteiger partial charge on any atom is 0.261 e. The van der Waals surface area contributed by atoms with E-state index in [0.717, 1.165) is 41.5 Å². The number of amides is 1. The number of carbonyl (C=O) groups excluding carboxylic acids is 1. The fourth-order valence-electron chi connectivity index (χ4n) is 2.19. The summed E-state index contributed by atoms with van der Waals surface area (Å²) in [5.74, 6) is 1.86. The fraction of sp³-hybridized carbons (Fsp3) is 0.417. The van der Waals surface area contributed by atoms with E-state index in [1.54, 1.807) is 0 Å². The van der Waals surface area contributed by atoms with E-state index >= 15 is 0 Å². The van der Waals surface area contributed by atoms with Crippen molar-refractivity contribution in [2.24, 2.45) is 0 Å². The van der Waals surface area contributed by atoms with Crippen LogP contribution in [0, 0.1) is 6.92 Å². The van der Waals surface area contributed by atoms with E-state index in [9.17, 15) is 4.79 Å². The molecular formula is C12H14N4OS. The van der Waals surface area contributed by atoms with E-state index in [0.29, 0.717) is 6.54 Å². The molecule has 5 nitrogen and oxygen atoms in total. The minimum atomic E-state index is -0.0298. The molecule has 0 aromatic carbocycles. The first-order valence-corrected chi connectivity index (χ1v) is 6.87. The molecule has 0 bridgehead atoms. The Morgan fingerprint density at radius 2 is 2.44 bits per heavy atom. The highest BCUT2D eigenvalue weighted by Crippen LogP contribution is 2.16. The van der Waals surface area contributed by atoms with Gasteiger partial charge in [0.25, 0.3) is 5.91 Å². The first kappa shape index (κ1) is 11.4. The highest BCUT2D eigenvalue weighted by molar-refractivity contribution is 7.12. The Labute approximate surface area is 109 Å². The van der Waals surface area contributed by atoms with Crippen LogP contribution in [0.3, 0.4) is 0 Å². The van der Waals surface area contributed by atoms with Crippen LogP contribution in [0.25, 0.3) is 0 Å². The van der Waals surface area contributed by atoms with Gasteiger partial charge in [-0.3, -0.25) is 4.79 Å². The highest BCUT2D eigenvalue weighted by Gasteiger charge is 2.18. The van der Waals surface area contributed by atoms with Crippen molar-refractivity contribution in [2.45, 2.75) is 32.9 Å². The maximum atomic E-state index is 12.0. The zero-order valence-corrected chi connectivity index (χ0v) is 11.0. The van der Waals surface area contributed by atoms with E-state index in [1.165, 1.54) is 11.3 Å². The van der Waals surface area contributed by atoms with Crippen LogP contribution in [0.1, 0.15) is 33.3 Å². The Morgan fingerprint density at radius 1 is 1.56 bits per heavy atom. The van der Waals surface area contributed by atoms with Gasteiger partial charge in [-0.2, -0.15) is 0 Å². The number of aryl methyl sites for hydroxylation is 2. The van der Waals surface area contributed by atoms with E-state index in [1.807, 2.05) is 18.4 Å². The summed E-state index contributed by atoms with van der Waals surface area (Å²) in [4.78, 5) is 12.7. The lowest BCUT2D eigenvalue weighted by atomic mass is 10.3. The summed E-state index contributed by atoms with van der Waals surface area (Å²) in [6.45, 7) is 3.36. The van der Waals surface area contributed by atoms with Crippen LogP contribution in [0.5, 0.6) is 0 Å². The zero-order chi connectivity index (χ0) is 12.5. The topological polar surface area (TPSA) is 59.8 Å². The average molecular weight is 262 g/mol. The summed E-state index contributed by atoms with van der Waals surface area (Å²) >= 11 is 1.47. The largest absolute Gasteiger partial charge is 0.344 e. The molecule has 0 saturated carbocycles. The number of carbonyl (C=O) groups is 1. The molecule has 2 aromatic rings. The van der Waals surface area contributed by atoms with Crippen molar-refractivity contribution >= 4 is 17.2 Å². The molecule has 18 heavy (non-hydrogen) atoms. The quantitative estimate of drug-likeness (QED) is 0.912. The standard InChI is InChI=1S/C12H14N4OS/c1-8-4-6-18-11(8)12(17)13-7-10-15-14-9-3-2-5-16(9)10/h4,6H,2-3,5,7H2,1H3,(H,13,17). The number of hydrogen-bond donors (Lipinski definition) is 1. The van der Waals surface area contributed by atoms with Crippen LogP contribution in [-0.4, -0.2) is 20.7 Å². The van der Waals surface area contributed by atoms with Crippen molar-refractivity contribution in [3.8, 4) is 0 Å². The summed E-state index contributed by atoms with van der Waals surface area (Å²) in [5, 5.41) is 13.1. The Hall–Kier alpha value is -1.69. The van der Waals surface area contributed by atoms with Gasteiger partial charge in [0.05, 0.1) is 11.4 Å². The third kappa shape index (κ3) is 1.92. The predicted octanol–water partition coefficient (Wildman–Crippen LogP) is 1.52. The molecule has 1 aliphatic rings. The van der Waals surface area contributed by atoms with E-state index in [4.69, 9.17) is 0 Å². The molecule has 0 aliphatic carbocycles. The molecule has 94 valence electrons. The number of aromatic nitrogens is 3. The predicted molar refractivity (Wildman–Crippen MR) is 68.6 cm³/mol. The Morgan fingerprint density at radius 3 is 3.22 bits per heavy atom. The number of fused-ring (bicyclic) bond motifs is 1. The van der Waals surface area contributed by atoms with E-state index in [2.05, 4.69) is 20.1 Å². The second kappa shape index (κ2) is 4.53. The zero-order valence-electron chi connectivity index (χ0n) is 10.1. The molecule has 3 heterocycles. The molecule has 0 saturated heterocycles. The second-order valence-corrected chi connectivity index (χ2v) is 5.32. The van der Waals surface area contributed by atoms with Gasteiger partial charge in [0.15, 0.2) is 5.82 Å². The molecule has 6 heteroatoms. The second-order valence-electron chi connectivity index (χ2n) is 4.40. The van der Waals surface area contributed by atoms with Crippen molar-refractivity contribution in [2.75, 3.05) is 0 Å². The van der Waals surface area contributed by atoms with Crippen LogP contribution in [0.4, 0.5) is 0 Å². The van der Waals surface area contributed by atoms with Crippen LogP contribution in [0.15, 0.2) is 11.4 Å². The van der Waals surface area contributed by atoms with Crippen LogP contribution < -0.4 is 5.32 Å². The Bertz CT molecular complexity index is 587. The lowest BCUT2D eigenvalue weighted by Crippen LogP contribution is -2.24. The van der Waals surface area contributed by atoms with Gasteiger partial charge >= 0.3 is 0 Å². The fourth-order valence-corrected chi connectivity index (χ4v) is 3.03. The number of thiophene rings is 1. The molecule has 2 aromatic heterocycles. The van der Waals surface area contributed by atoms with Crippen LogP contribution >= 0.6 is 11.3 Å². The molecule has 0 atom stereocenters. The van der Waals surface area contributed by atoms with Crippen LogP contribution in [0.2, 0.25) is 0 Å². The van der Waals surface area contributed by atoms with E-state index in [-0.39, 0.29) is 5.91 Å².